The minimum absolute atomic E-state index is 0.00750. The molecule has 1 heterocycles. The molecule has 3 rings (SSSR count). The molecule has 2 unspecified atom stereocenters. The average Bonchev–Trinajstić information content (AvgIpc) is 3.07. The van der Waals surface area contributed by atoms with Crippen LogP contribution >= 0.6 is 0 Å². The molecule has 28 heavy (non-hydrogen) atoms. The largest absolute Gasteiger partial charge is 0.487 e. The molecule has 0 aliphatic heterocycles. The molecule has 3 aromatic rings. The summed E-state index contributed by atoms with van der Waals surface area (Å²) < 4.78 is 16.8. The summed E-state index contributed by atoms with van der Waals surface area (Å²) in [5.74, 6) is -0.543. The number of carbonyl (C=O) groups excluding carboxylic acids is 1. The van der Waals surface area contributed by atoms with Crippen LogP contribution in [0.4, 0.5) is 0 Å². The van der Waals surface area contributed by atoms with Gasteiger partial charge in [-0.25, -0.2) is 0 Å². The van der Waals surface area contributed by atoms with Gasteiger partial charge in [0.2, 0.25) is 6.54 Å². The first kappa shape index (κ1) is 19.7. The van der Waals surface area contributed by atoms with E-state index in [1.807, 2.05) is 38.1 Å². The Labute approximate surface area is 162 Å². The topological polar surface area (TPSA) is 91.8 Å². The molecule has 0 bridgehead atoms. The van der Waals surface area contributed by atoms with Gasteiger partial charge in [-0.1, -0.05) is 31.2 Å². The number of nitrogens with zero attached hydrogens (tertiary/aromatic N) is 1. The number of esters is 1. The van der Waals surface area contributed by atoms with E-state index in [2.05, 4.69) is 0 Å². The highest BCUT2D eigenvalue weighted by atomic mass is 16.6. The van der Waals surface area contributed by atoms with E-state index in [9.17, 15) is 14.9 Å². The Hall–Kier alpha value is -3.09. The summed E-state index contributed by atoms with van der Waals surface area (Å²) in [6.07, 6.45) is 0.736. The van der Waals surface area contributed by atoms with Crippen molar-refractivity contribution in [3.63, 3.8) is 0 Å². The van der Waals surface area contributed by atoms with Gasteiger partial charge in [0.05, 0.1) is 25.6 Å². The van der Waals surface area contributed by atoms with Crippen molar-refractivity contribution in [3.05, 3.63) is 52.1 Å². The van der Waals surface area contributed by atoms with Crippen molar-refractivity contribution in [1.82, 2.24) is 0 Å². The van der Waals surface area contributed by atoms with Gasteiger partial charge in [-0.2, -0.15) is 0 Å². The Kier molecular flexibility index (Phi) is 5.82. The lowest BCUT2D eigenvalue weighted by Crippen LogP contribution is -2.17. The van der Waals surface area contributed by atoms with Gasteiger partial charge in [0, 0.05) is 15.7 Å². The smallest absolute Gasteiger partial charge is 0.306 e. The lowest BCUT2D eigenvalue weighted by molar-refractivity contribution is -0.483. The molecule has 0 fully saturated rings. The molecule has 148 valence electrons. The average molecular weight is 385 g/mol. The van der Waals surface area contributed by atoms with Gasteiger partial charge in [0.1, 0.15) is 5.58 Å². The summed E-state index contributed by atoms with van der Waals surface area (Å²) in [4.78, 5) is 22.7. The molecule has 2 atom stereocenters. The molecule has 7 heteroatoms. The number of furan rings is 1. The van der Waals surface area contributed by atoms with E-state index in [1.165, 1.54) is 7.11 Å². The minimum Gasteiger partial charge on any atom is -0.487 e. The summed E-state index contributed by atoms with van der Waals surface area (Å²) in [6.45, 7) is 3.61. The van der Waals surface area contributed by atoms with Gasteiger partial charge in [0.25, 0.3) is 0 Å². The second-order valence-electron chi connectivity index (χ2n) is 6.78. The monoisotopic (exact) mass is 385 g/mol. The van der Waals surface area contributed by atoms with E-state index < -0.39 is 16.8 Å². The number of para-hydroxylation sites is 1. The van der Waals surface area contributed by atoms with Gasteiger partial charge in [-0.15, -0.1) is 0 Å². The standard InChI is InChI=1S/C21H23NO6/c1-4-13(2)27-18-10-9-15(14(12-22(24)25)11-19(23)26-3)20-16-7-5-6-8-17(16)28-21(18)20/h5-10,13-14H,4,11-12H2,1-3H3. The first-order chi connectivity index (χ1) is 13.4. The molecule has 0 spiro atoms. The first-order valence-electron chi connectivity index (χ1n) is 9.24. The third-order valence-corrected chi connectivity index (χ3v) is 4.88. The number of fused-ring (bicyclic) bond motifs is 3. The number of rotatable bonds is 8. The highest BCUT2D eigenvalue weighted by Gasteiger charge is 2.27. The Bertz CT molecular complexity index is 1010. The SMILES string of the molecule is CCC(C)Oc1ccc(C(CC(=O)OC)C[N+](=O)[O-])c2c1oc1ccccc12. The summed E-state index contributed by atoms with van der Waals surface area (Å²) in [7, 11) is 1.28. The van der Waals surface area contributed by atoms with Crippen LogP contribution in [0.25, 0.3) is 21.9 Å². The third kappa shape index (κ3) is 3.93. The molecule has 0 N–H and O–H groups in total. The number of hydrogen-bond acceptors (Lipinski definition) is 6. The van der Waals surface area contributed by atoms with Crippen LogP contribution in [-0.2, 0) is 9.53 Å². The van der Waals surface area contributed by atoms with E-state index >= 15 is 0 Å². The molecular weight excluding hydrogens is 362 g/mol. The predicted molar refractivity (Wildman–Crippen MR) is 105 cm³/mol. The maximum Gasteiger partial charge on any atom is 0.306 e. The van der Waals surface area contributed by atoms with Crippen LogP contribution in [0.15, 0.2) is 40.8 Å². The second-order valence-corrected chi connectivity index (χ2v) is 6.78. The number of nitro groups is 1. The molecular formula is C21H23NO6. The van der Waals surface area contributed by atoms with Crippen molar-refractivity contribution >= 4 is 27.9 Å². The second kappa shape index (κ2) is 8.29. The van der Waals surface area contributed by atoms with Crippen molar-refractivity contribution in [2.24, 2.45) is 0 Å². The van der Waals surface area contributed by atoms with Gasteiger partial charge in [-0.3, -0.25) is 14.9 Å². The fourth-order valence-corrected chi connectivity index (χ4v) is 3.30. The van der Waals surface area contributed by atoms with Crippen LogP contribution in [0.2, 0.25) is 0 Å². The predicted octanol–water partition coefficient (Wildman–Crippen LogP) is 4.69. The van der Waals surface area contributed by atoms with Gasteiger partial charge >= 0.3 is 5.97 Å². The van der Waals surface area contributed by atoms with E-state index in [0.29, 0.717) is 22.5 Å². The lowest BCUT2D eigenvalue weighted by atomic mass is 9.91. The van der Waals surface area contributed by atoms with Crippen molar-refractivity contribution < 1.29 is 23.6 Å². The zero-order chi connectivity index (χ0) is 20.3. The van der Waals surface area contributed by atoms with Gasteiger partial charge in [-0.05, 0) is 31.0 Å². The molecule has 0 aliphatic rings. The van der Waals surface area contributed by atoms with Crippen LogP contribution in [0, 0.1) is 10.1 Å². The molecule has 0 saturated heterocycles. The van der Waals surface area contributed by atoms with E-state index in [1.54, 1.807) is 12.1 Å². The zero-order valence-corrected chi connectivity index (χ0v) is 16.1. The molecule has 7 nitrogen and oxygen atoms in total. The normalized spacial score (nSPS) is 13.4. The van der Waals surface area contributed by atoms with Crippen LogP contribution < -0.4 is 4.74 Å². The Morgan fingerprint density at radius 1 is 1.25 bits per heavy atom. The number of methoxy groups -OCH3 is 1. The van der Waals surface area contributed by atoms with Gasteiger partial charge in [0.15, 0.2) is 11.3 Å². The molecule has 2 aromatic carbocycles. The zero-order valence-electron chi connectivity index (χ0n) is 16.1. The Morgan fingerprint density at radius 3 is 2.68 bits per heavy atom. The van der Waals surface area contributed by atoms with E-state index in [-0.39, 0.29) is 19.1 Å². The van der Waals surface area contributed by atoms with Crippen molar-refractivity contribution in [3.8, 4) is 5.75 Å². The van der Waals surface area contributed by atoms with Crippen LogP contribution in [0.1, 0.15) is 38.2 Å². The summed E-state index contributed by atoms with van der Waals surface area (Å²) in [6, 6.07) is 11.0. The van der Waals surface area contributed by atoms with Crippen molar-refractivity contribution in [2.45, 2.75) is 38.7 Å². The fourth-order valence-electron chi connectivity index (χ4n) is 3.30. The minimum atomic E-state index is -0.636. The van der Waals surface area contributed by atoms with Crippen molar-refractivity contribution in [2.75, 3.05) is 13.7 Å². The lowest BCUT2D eigenvalue weighted by Gasteiger charge is -2.17. The summed E-state index contributed by atoms with van der Waals surface area (Å²) in [5, 5.41) is 12.8. The quantitative estimate of drug-likeness (QED) is 0.317. The first-order valence-corrected chi connectivity index (χ1v) is 9.24. The highest BCUT2D eigenvalue weighted by molar-refractivity contribution is 6.09. The summed E-state index contributed by atoms with van der Waals surface area (Å²) in [5.41, 5.74) is 1.88. The molecule has 0 aliphatic carbocycles. The third-order valence-electron chi connectivity index (χ3n) is 4.88. The Balaban J connectivity index is 2.22. The van der Waals surface area contributed by atoms with Crippen LogP contribution in [0.5, 0.6) is 5.75 Å². The van der Waals surface area contributed by atoms with Crippen LogP contribution in [0.3, 0.4) is 0 Å². The fraction of sp³-hybridized carbons (Fsp3) is 0.381. The maximum atomic E-state index is 11.9. The number of benzene rings is 2. The molecule has 1 aromatic heterocycles. The highest BCUT2D eigenvalue weighted by Crippen LogP contribution is 2.41. The number of hydrogen-bond donors (Lipinski definition) is 0. The van der Waals surface area contributed by atoms with Gasteiger partial charge < -0.3 is 13.9 Å². The number of carbonyl (C=O) groups is 1. The maximum absolute atomic E-state index is 11.9. The van der Waals surface area contributed by atoms with E-state index in [4.69, 9.17) is 13.9 Å². The van der Waals surface area contributed by atoms with Crippen LogP contribution in [-0.4, -0.2) is 30.7 Å². The molecule has 0 amide bonds. The van der Waals surface area contributed by atoms with E-state index in [0.717, 1.165) is 17.2 Å². The summed E-state index contributed by atoms with van der Waals surface area (Å²) >= 11 is 0. The molecule has 0 saturated carbocycles. The number of ether oxygens (including phenoxy) is 2. The van der Waals surface area contributed by atoms with Crippen molar-refractivity contribution in [1.29, 1.82) is 0 Å². The Morgan fingerprint density at radius 2 is 2.00 bits per heavy atom. The molecule has 0 radical (unpaired) electrons.